The topological polar surface area (TPSA) is 75.1 Å². The number of aryl methyl sites for hydroxylation is 1. The first kappa shape index (κ1) is 15.8. The van der Waals surface area contributed by atoms with Crippen LogP contribution < -0.4 is 5.43 Å². The molecule has 6 nitrogen and oxygen atoms in total. The summed E-state index contributed by atoms with van der Waals surface area (Å²) in [5, 5.41) is 12.1. The molecule has 0 fully saturated rings. The number of H-pyrrole nitrogens is 1. The van der Waals surface area contributed by atoms with Crippen molar-refractivity contribution in [2.24, 2.45) is 12.1 Å². The van der Waals surface area contributed by atoms with Crippen molar-refractivity contribution >= 4 is 23.0 Å². The minimum absolute atomic E-state index is 0.337. The quantitative estimate of drug-likeness (QED) is 0.440. The summed E-state index contributed by atoms with van der Waals surface area (Å²) < 4.78 is 2.03. The van der Waals surface area contributed by atoms with E-state index < -0.39 is 0 Å². The first-order chi connectivity index (χ1) is 12.7. The fourth-order valence-electron chi connectivity index (χ4n) is 2.89. The Morgan fingerprint density at radius 2 is 1.92 bits per heavy atom. The average molecular weight is 343 g/mol. The number of para-hydroxylation sites is 1. The van der Waals surface area contributed by atoms with Gasteiger partial charge in [0.25, 0.3) is 5.91 Å². The number of nitrogens with zero attached hydrogens (tertiary/aromatic N) is 3. The summed E-state index contributed by atoms with van der Waals surface area (Å²) in [5.74, 6) is -0.337. The van der Waals surface area contributed by atoms with Crippen molar-refractivity contribution in [3.8, 4) is 11.3 Å². The molecule has 0 atom stereocenters. The van der Waals surface area contributed by atoms with E-state index in [0.717, 1.165) is 22.0 Å². The molecule has 2 aromatic carbocycles. The van der Waals surface area contributed by atoms with Crippen molar-refractivity contribution in [2.45, 2.75) is 0 Å². The normalized spacial score (nSPS) is 11.3. The number of rotatable bonds is 4. The maximum atomic E-state index is 12.2. The molecule has 1 amide bonds. The molecular weight excluding hydrogens is 326 g/mol. The second-order valence-electron chi connectivity index (χ2n) is 5.94. The predicted octanol–water partition coefficient (Wildman–Crippen LogP) is 3.33. The van der Waals surface area contributed by atoms with E-state index in [9.17, 15) is 4.79 Å². The number of carbonyl (C=O) groups excluding carboxylic acids is 1. The highest BCUT2D eigenvalue weighted by molar-refractivity contribution is 6.00. The van der Waals surface area contributed by atoms with E-state index in [2.05, 4.69) is 20.7 Å². The van der Waals surface area contributed by atoms with Crippen LogP contribution >= 0.6 is 0 Å². The fraction of sp³-hybridized carbons (Fsp3) is 0.0500. The third-order valence-electron chi connectivity index (χ3n) is 4.19. The Kier molecular flexibility index (Phi) is 4.07. The first-order valence-corrected chi connectivity index (χ1v) is 8.20. The van der Waals surface area contributed by atoms with Gasteiger partial charge >= 0.3 is 0 Å². The average Bonchev–Trinajstić information content (AvgIpc) is 3.29. The van der Waals surface area contributed by atoms with Crippen molar-refractivity contribution in [1.29, 1.82) is 0 Å². The molecule has 0 aliphatic heterocycles. The molecule has 0 aliphatic rings. The molecule has 2 aromatic heterocycles. The maximum absolute atomic E-state index is 12.2. The minimum atomic E-state index is -0.337. The zero-order chi connectivity index (χ0) is 17.9. The highest BCUT2D eigenvalue weighted by Crippen LogP contribution is 2.19. The Hall–Kier alpha value is -3.67. The van der Waals surface area contributed by atoms with Crippen molar-refractivity contribution < 1.29 is 4.79 Å². The Bertz CT molecular complexity index is 1090. The van der Waals surface area contributed by atoms with E-state index in [1.807, 2.05) is 72.4 Å². The molecule has 0 bridgehead atoms. The van der Waals surface area contributed by atoms with Crippen LogP contribution in [0.3, 0.4) is 0 Å². The van der Waals surface area contributed by atoms with Gasteiger partial charge in [0, 0.05) is 35.3 Å². The van der Waals surface area contributed by atoms with Gasteiger partial charge in [0.15, 0.2) is 0 Å². The number of nitrogens with one attached hydrogen (secondary N) is 2. The number of aromatic amines is 1. The number of hydrogen-bond acceptors (Lipinski definition) is 3. The molecule has 0 aliphatic carbocycles. The highest BCUT2D eigenvalue weighted by atomic mass is 16.2. The molecule has 0 radical (unpaired) electrons. The largest absolute Gasteiger partial charge is 0.350 e. The summed E-state index contributed by atoms with van der Waals surface area (Å²) in [7, 11) is 1.98. The Labute approximate surface area is 150 Å². The van der Waals surface area contributed by atoms with Crippen LogP contribution in [-0.2, 0) is 7.05 Å². The summed E-state index contributed by atoms with van der Waals surface area (Å²) in [6, 6.07) is 19.4. The SMILES string of the molecule is Cn1cc(/C=N\NC(=O)c2cc(-c3ccccc3)n[nH]2)c2ccccc21. The van der Waals surface area contributed by atoms with Crippen LogP contribution in [0.2, 0.25) is 0 Å². The van der Waals surface area contributed by atoms with E-state index in [0.29, 0.717) is 11.4 Å². The molecule has 4 rings (SSSR count). The van der Waals surface area contributed by atoms with Gasteiger partial charge in [0.1, 0.15) is 5.69 Å². The van der Waals surface area contributed by atoms with E-state index in [-0.39, 0.29) is 5.91 Å². The summed E-state index contributed by atoms with van der Waals surface area (Å²) in [6.07, 6.45) is 3.62. The van der Waals surface area contributed by atoms with Gasteiger partial charge in [0.05, 0.1) is 11.9 Å². The Balaban J connectivity index is 1.49. The number of hydrogen-bond donors (Lipinski definition) is 2. The van der Waals surface area contributed by atoms with Crippen molar-refractivity contribution in [2.75, 3.05) is 0 Å². The maximum Gasteiger partial charge on any atom is 0.289 e. The van der Waals surface area contributed by atoms with E-state index in [1.54, 1.807) is 12.3 Å². The lowest BCUT2D eigenvalue weighted by molar-refractivity contribution is 0.0950. The van der Waals surface area contributed by atoms with E-state index in [1.165, 1.54) is 0 Å². The van der Waals surface area contributed by atoms with Gasteiger partial charge < -0.3 is 4.57 Å². The van der Waals surface area contributed by atoms with Crippen LogP contribution in [0.15, 0.2) is 72.0 Å². The van der Waals surface area contributed by atoms with Crippen molar-refractivity contribution in [3.63, 3.8) is 0 Å². The Morgan fingerprint density at radius 1 is 1.15 bits per heavy atom. The van der Waals surface area contributed by atoms with Gasteiger partial charge in [-0.05, 0) is 12.1 Å². The van der Waals surface area contributed by atoms with Gasteiger partial charge in [-0.1, -0.05) is 48.5 Å². The lowest BCUT2D eigenvalue weighted by Gasteiger charge is -1.95. The standard InChI is InChI=1S/C20H17N5O/c1-25-13-15(16-9-5-6-10-19(16)25)12-21-24-20(26)18-11-17(22-23-18)14-7-3-2-4-8-14/h2-13H,1H3,(H,22,23)(H,24,26)/b21-12-. The molecular formula is C20H17N5O. The van der Waals surface area contributed by atoms with Crippen LogP contribution in [0.25, 0.3) is 22.2 Å². The number of aromatic nitrogens is 3. The van der Waals surface area contributed by atoms with Gasteiger partial charge in [-0.3, -0.25) is 9.89 Å². The van der Waals surface area contributed by atoms with Crippen LogP contribution in [0.5, 0.6) is 0 Å². The Morgan fingerprint density at radius 3 is 2.77 bits per heavy atom. The molecule has 26 heavy (non-hydrogen) atoms. The fourth-order valence-corrected chi connectivity index (χ4v) is 2.89. The molecule has 0 saturated carbocycles. The molecule has 6 heteroatoms. The van der Waals surface area contributed by atoms with Crippen LogP contribution in [-0.4, -0.2) is 26.9 Å². The molecule has 2 heterocycles. The monoisotopic (exact) mass is 343 g/mol. The number of amides is 1. The number of fused-ring (bicyclic) bond motifs is 1. The smallest absolute Gasteiger partial charge is 0.289 e. The van der Waals surface area contributed by atoms with E-state index in [4.69, 9.17) is 0 Å². The van der Waals surface area contributed by atoms with Gasteiger partial charge in [-0.2, -0.15) is 10.2 Å². The van der Waals surface area contributed by atoms with Gasteiger partial charge in [-0.25, -0.2) is 5.43 Å². The third-order valence-corrected chi connectivity index (χ3v) is 4.19. The first-order valence-electron chi connectivity index (χ1n) is 8.20. The van der Waals surface area contributed by atoms with Crippen LogP contribution in [0, 0.1) is 0 Å². The number of hydrazone groups is 1. The van der Waals surface area contributed by atoms with Crippen LogP contribution in [0.1, 0.15) is 16.1 Å². The molecule has 4 aromatic rings. The van der Waals surface area contributed by atoms with E-state index >= 15 is 0 Å². The highest BCUT2D eigenvalue weighted by Gasteiger charge is 2.10. The van der Waals surface area contributed by atoms with Gasteiger partial charge in [0.2, 0.25) is 0 Å². The second kappa shape index (κ2) is 6.68. The molecule has 128 valence electrons. The van der Waals surface area contributed by atoms with Crippen molar-refractivity contribution in [3.05, 3.63) is 78.1 Å². The number of carbonyl (C=O) groups is 1. The molecule has 0 spiro atoms. The lowest BCUT2D eigenvalue weighted by Crippen LogP contribution is -2.17. The summed E-state index contributed by atoms with van der Waals surface area (Å²) >= 11 is 0. The summed E-state index contributed by atoms with van der Waals surface area (Å²) in [4.78, 5) is 12.2. The number of benzene rings is 2. The third kappa shape index (κ3) is 3.00. The minimum Gasteiger partial charge on any atom is -0.350 e. The zero-order valence-electron chi connectivity index (χ0n) is 14.2. The predicted molar refractivity (Wildman–Crippen MR) is 102 cm³/mol. The van der Waals surface area contributed by atoms with Crippen LogP contribution in [0.4, 0.5) is 0 Å². The molecule has 0 saturated heterocycles. The summed E-state index contributed by atoms with van der Waals surface area (Å²) in [5.41, 5.74) is 6.61. The molecule has 0 unspecified atom stereocenters. The van der Waals surface area contributed by atoms with Gasteiger partial charge in [-0.15, -0.1) is 0 Å². The zero-order valence-corrected chi connectivity index (χ0v) is 14.2. The lowest BCUT2D eigenvalue weighted by atomic mass is 10.1. The molecule has 2 N–H and O–H groups in total. The van der Waals surface area contributed by atoms with Crippen molar-refractivity contribution in [1.82, 2.24) is 20.2 Å². The second-order valence-corrected chi connectivity index (χ2v) is 5.94. The summed E-state index contributed by atoms with van der Waals surface area (Å²) in [6.45, 7) is 0.